The first kappa shape index (κ1) is 13.7. The topological polar surface area (TPSA) is 29.9 Å². The van der Waals surface area contributed by atoms with E-state index in [1.165, 1.54) is 47.4 Å². The molecule has 2 heterocycles. The Bertz CT molecular complexity index is 545. The van der Waals surface area contributed by atoms with Gasteiger partial charge in [-0.25, -0.2) is 4.98 Å². The normalized spacial score (nSPS) is 16.5. The molecule has 0 amide bonds. The first-order valence-corrected chi connectivity index (χ1v) is 8.37. The van der Waals surface area contributed by atoms with Gasteiger partial charge in [-0.2, -0.15) is 0 Å². The van der Waals surface area contributed by atoms with E-state index >= 15 is 0 Å². The van der Waals surface area contributed by atoms with E-state index in [9.17, 15) is 0 Å². The zero-order valence-corrected chi connectivity index (χ0v) is 13.2. The average molecular weight is 289 g/mol. The van der Waals surface area contributed by atoms with E-state index in [1.807, 2.05) is 17.5 Å². The number of nitrogens with one attached hydrogen (secondary N) is 1. The van der Waals surface area contributed by atoms with Crippen LogP contribution in [0.4, 0.5) is 5.95 Å². The number of aryl methyl sites for hydroxylation is 2. The van der Waals surface area contributed by atoms with E-state index in [-0.39, 0.29) is 0 Å². The number of anilines is 1. The van der Waals surface area contributed by atoms with Gasteiger partial charge >= 0.3 is 0 Å². The van der Waals surface area contributed by atoms with Crippen molar-refractivity contribution in [2.75, 3.05) is 5.32 Å². The van der Waals surface area contributed by atoms with Crippen molar-refractivity contribution in [3.05, 3.63) is 33.8 Å². The molecule has 0 aromatic carbocycles. The summed E-state index contributed by atoms with van der Waals surface area (Å²) in [6.07, 6.45) is 10.6. The zero-order valence-electron chi connectivity index (χ0n) is 12.4. The smallest absolute Gasteiger partial charge is 0.203 e. The Morgan fingerprint density at radius 3 is 2.80 bits per heavy atom. The minimum Gasteiger partial charge on any atom is -0.353 e. The summed E-state index contributed by atoms with van der Waals surface area (Å²) in [4.78, 5) is 7.32. The molecule has 1 saturated carbocycles. The molecule has 0 aliphatic heterocycles. The van der Waals surface area contributed by atoms with Crippen LogP contribution in [-0.4, -0.2) is 15.6 Å². The lowest BCUT2D eigenvalue weighted by Crippen LogP contribution is -2.24. The molecule has 1 aliphatic carbocycles. The zero-order chi connectivity index (χ0) is 13.9. The van der Waals surface area contributed by atoms with Crippen LogP contribution >= 0.6 is 11.3 Å². The molecule has 2 aromatic heterocycles. The monoisotopic (exact) mass is 289 g/mol. The summed E-state index contributed by atoms with van der Waals surface area (Å²) in [5.74, 6) is 1.03. The van der Waals surface area contributed by atoms with Crippen molar-refractivity contribution in [3.8, 4) is 0 Å². The summed E-state index contributed by atoms with van der Waals surface area (Å²) in [6.45, 7) is 5.30. The molecular weight excluding hydrogens is 266 g/mol. The second-order valence-electron chi connectivity index (χ2n) is 5.81. The number of hydrogen-bond donors (Lipinski definition) is 1. The molecule has 0 atom stereocenters. The van der Waals surface area contributed by atoms with Gasteiger partial charge < -0.3 is 9.88 Å². The molecule has 1 N–H and O–H groups in total. The Kier molecular flexibility index (Phi) is 4.10. The molecule has 108 valence electrons. The summed E-state index contributed by atoms with van der Waals surface area (Å²) >= 11 is 1.89. The summed E-state index contributed by atoms with van der Waals surface area (Å²) in [7, 11) is 0. The molecule has 0 spiro atoms. The van der Waals surface area contributed by atoms with Crippen LogP contribution in [0, 0.1) is 13.8 Å². The van der Waals surface area contributed by atoms with E-state index in [0.717, 1.165) is 12.5 Å². The number of hydrogen-bond acceptors (Lipinski definition) is 3. The maximum Gasteiger partial charge on any atom is 0.203 e. The molecule has 0 unspecified atom stereocenters. The number of nitrogens with zero attached hydrogens (tertiary/aromatic N) is 2. The van der Waals surface area contributed by atoms with Crippen LogP contribution in [0.2, 0.25) is 0 Å². The standard InChI is InChI=1S/C16H23N3S/c1-12-10-15(20-13(12)2)11-19-9-8-17-16(19)18-14-6-4-3-5-7-14/h8-10,14H,3-7,11H2,1-2H3,(H,17,18). The minimum atomic E-state index is 0.608. The van der Waals surface area contributed by atoms with Crippen LogP contribution in [0.25, 0.3) is 0 Å². The van der Waals surface area contributed by atoms with Gasteiger partial charge in [0.2, 0.25) is 5.95 Å². The summed E-state index contributed by atoms with van der Waals surface area (Å²) in [5.41, 5.74) is 1.40. The molecule has 20 heavy (non-hydrogen) atoms. The van der Waals surface area contributed by atoms with Crippen molar-refractivity contribution >= 4 is 17.3 Å². The van der Waals surface area contributed by atoms with Crippen molar-refractivity contribution < 1.29 is 0 Å². The lowest BCUT2D eigenvalue weighted by Gasteiger charge is -2.23. The molecule has 3 nitrogen and oxygen atoms in total. The van der Waals surface area contributed by atoms with Crippen LogP contribution in [0.3, 0.4) is 0 Å². The largest absolute Gasteiger partial charge is 0.353 e. The first-order chi connectivity index (χ1) is 9.72. The van der Waals surface area contributed by atoms with Gasteiger partial charge in [-0.1, -0.05) is 19.3 Å². The van der Waals surface area contributed by atoms with Crippen LogP contribution in [0.1, 0.15) is 47.4 Å². The van der Waals surface area contributed by atoms with Gasteiger partial charge in [-0.3, -0.25) is 0 Å². The van der Waals surface area contributed by atoms with Gasteiger partial charge in [0.25, 0.3) is 0 Å². The van der Waals surface area contributed by atoms with Crippen molar-refractivity contribution in [2.24, 2.45) is 0 Å². The van der Waals surface area contributed by atoms with Crippen molar-refractivity contribution in [3.63, 3.8) is 0 Å². The SMILES string of the molecule is Cc1cc(Cn2ccnc2NC2CCCCC2)sc1C. The first-order valence-electron chi connectivity index (χ1n) is 7.56. The van der Waals surface area contributed by atoms with Crippen LogP contribution in [0.5, 0.6) is 0 Å². The third kappa shape index (κ3) is 3.06. The van der Waals surface area contributed by atoms with E-state index in [0.29, 0.717) is 6.04 Å². The lowest BCUT2D eigenvalue weighted by atomic mass is 9.96. The number of rotatable bonds is 4. The molecule has 0 saturated heterocycles. The van der Waals surface area contributed by atoms with Crippen molar-refractivity contribution in [1.82, 2.24) is 9.55 Å². The minimum absolute atomic E-state index is 0.608. The predicted molar refractivity (Wildman–Crippen MR) is 85.6 cm³/mol. The predicted octanol–water partition coefficient (Wildman–Crippen LogP) is 4.35. The maximum absolute atomic E-state index is 4.49. The third-order valence-electron chi connectivity index (χ3n) is 4.20. The van der Waals surface area contributed by atoms with Gasteiger partial charge in [-0.05, 0) is 38.3 Å². The molecule has 2 aromatic rings. The van der Waals surface area contributed by atoms with Crippen molar-refractivity contribution in [2.45, 2.75) is 58.5 Å². The highest BCUT2D eigenvalue weighted by molar-refractivity contribution is 7.12. The van der Waals surface area contributed by atoms with E-state index in [1.54, 1.807) is 0 Å². The molecular formula is C16H23N3S. The fourth-order valence-electron chi connectivity index (χ4n) is 2.90. The molecule has 0 bridgehead atoms. The van der Waals surface area contributed by atoms with E-state index in [4.69, 9.17) is 0 Å². The second-order valence-corrected chi connectivity index (χ2v) is 7.15. The Morgan fingerprint density at radius 2 is 2.10 bits per heavy atom. The van der Waals surface area contributed by atoms with E-state index < -0.39 is 0 Å². The van der Waals surface area contributed by atoms with Gasteiger partial charge in [0, 0.05) is 28.2 Å². The van der Waals surface area contributed by atoms with Crippen molar-refractivity contribution in [1.29, 1.82) is 0 Å². The fourth-order valence-corrected chi connectivity index (χ4v) is 3.95. The third-order valence-corrected chi connectivity index (χ3v) is 5.33. The highest BCUT2D eigenvalue weighted by atomic mass is 32.1. The molecule has 0 radical (unpaired) electrons. The van der Waals surface area contributed by atoms with Crippen LogP contribution < -0.4 is 5.32 Å². The number of thiophene rings is 1. The molecule has 1 aliphatic rings. The quantitative estimate of drug-likeness (QED) is 0.906. The maximum atomic E-state index is 4.49. The molecule has 3 rings (SSSR count). The number of imidazole rings is 1. The highest BCUT2D eigenvalue weighted by Gasteiger charge is 2.15. The second kappa shape index (κ2) is 6.00. The molecule has 1 fully saturated rings. The Hall–Kier alpha value is -1.29. The highest BCUT2D eigenvalue weighted by Crippen LogP contribution is 2.24. The summed E-state index contributed by atoms with van der Waals surface area (Å²) in [5, 5.41) is 3.63. The van der Waals surface area contributed by atoms with Gasteiger partial charge in [0.1, 0.15) is 0 Å². The van der Waals surface area contributed by atoms with Crippen LogP contribution in [0.15, 0.2) is 18.5 Å². The molecule has 4 heteroatoms. The van der Waals surface area contributed by atoms with Crippen LogP contribution in [-0.2, 0) is 6.54 Å². The van der Waals surface area contributed by atoms with E-state index in [2.05, 4.69) is 41.0 Å². The Balaban J connectivity index is 1.69. The van der Waals surface area contributed by atoms with Gasteiger partial charge in [0.05, 0.1) is 6.54 Å². The van der Waals surface area contributed by atoms with Gasteiger partial charge in [-0.15, -0.1) is 11.3 Å². The van der Waals surface area contributed by atoms with Gasteiger partial charge in [0.15, 0.2) is 0 Å². The lowest BCUT2D eigenvalue weighted by molar-refractivity contribution is 0.459. The Morgan fingerprint density at radius 1 is 1.30 bits per heavy atom. The Labute approximate surface area is 125 Å². The fraction of sp³-hybridized carbons (Fsp3) is 0.562. The summed E-state index contributed by atoms with van der Waals surface area (Å²) in [6, 6.07) is 2.90. The summed E-state index contributed by atoms with van der Waals surface area (Å²) < 4.78 is 2.24. The number of aromatic nitrogens is 2. The average Bonchev–Trinajstić information content (AvgIpc) is 2.99.